The van der Waals surface area contributed by atoms with E-state index in [4.69, 9.17) is 28.4 Å². The van der Waals surface area contributed by atoms with Crippen LogP contribution in [0.15, 0.2) is 36.5 Å². The summed E-state index contributed by atoms with van der Waals surface area (Å²) in [5.41, 5.74) is 0. The predicted octanol–water partition coefficient (Wildman–Crippen LogP) is 13.9. The number of nitrogens with one attached hydrogen (secondary N) is 1. The number of rotatable bonds is 66. The maximum atomic E-state index is 13.5. The summed E-state index contributed by atoms with van der Waals surface area (Å²) in [6.45, 7) is 1.84. The van der Waals surface area contributed by atoms with E-state index >= 15 is 0 Å². The van der Waals surface area contributed by atoms with Crippen molar-refractivity contribution in [2.24, 2.45) is 0 Å². The van der Waals surface area contributed by atoms with E-state index in [0.29, 0.717) is 12.8 Å². The lowest BCUT2D eigenvalue weighted by Gasteiger charge is -2.48. The normalized spacial score (nSPS) is 26.6. The van der Waals surface area contributed by atoms with Gasteiger partial charge >= 0.3 is 0 Å². The Morgan fingerprint density at radius 1 is 0.360 bits per heavy atom. The summed E-state index contributed by atoms with van der Waals surface area (Å²) in [6.07, 6.45) is 49.4. The molecule has 0 saturated carbocycles. The van der Waals surface area contributed by atoms with Gasteiger partial charge in [0.05, 0.1) is 38.6 Å². The first-order valence-electron chi connectivity index (χ1n) is 41.2. The third-order valence-electron chi connectivity index (χ3n) is 20.7. The molecule has 0 radical (unpaired) electrons. The van der Waals surface area contributed by atoms with Gasteiger partial charge in [-0.2, -0.15) is 0 Å². The molecule has 0 aliphatic carbocycles. The van der Waals surface area contributed by atoms with Crippen LogP contribution < -0.4 is 5.32 Å². The van der Waals surface area contributed by atoms with Crippen molar-refractivity contribution in [3.05, 3.63) is 36.5 Å². The van der Waals surface area contributed by atoms with Crippen molar-refractivity contribution in [2.45, 2.75) is 446 Å². The van der Waals surface area contributed by atoms with E-state index in [-0.39, 0.29) is 18.9 Å². The standard InChI is InChI=1S/C81H151NO18/c1-3-5-7-9-11-13-15-17-19-21-23-25-27-29-30-31-32-33-34-35-37-39-41-43-45-47-49-51-53-55-57-59-69(87)82-64(65(86)58-56-54-52-50-48-46-44-42-40-38-36-28-26-24-22-20-18-16-14-12-10-8-6-4-2)63-95-79-75(93)72(90)77(67(61-84)97-79)100-81-76(94)73(91)78(68(62-85)98-81)99-80-74(92)71(89)70(88)66(60-83)96-80/h15,17,21,23,27,29,64-68,70-81,83-86,88-94H,3-14,16,18-20,22,24-26,28,30-63H2,1-2H3,(H,82,87)/b17-15-,23-21-,29-27-. The highest BCUT2D eigenvalue weighted by atomic mass is 16.8. The molecule has 1 amide bonds. The van der Waals surface area contributed by atoms with Gasteiger partial charge in [0, 0.05) is 6.42 Å². The smallest absolute Gasteiger partial charge is 0.220 e. The second-order valence-corrected chi connectivity index (χ2v) is 29.6. The monoisotopic (exact) mass is 1430 g/mol. The average molecular weight is 1430 g/mol. The third-order valence-corrected chi connectivity index (χ3v) is 20.7. The second-order valence-electron chi connectivity index (χ2n) is 29.6. The van der Waals surface area contributed by atoms with Crippen LogP contribution in [0.4, 0.5) is 0 Å². The second kappa shape index (κ2) is 62.1. The average Bonchev–Trinajstić information content (AvgIpc) is 0.783. The van der Waals surface area contributed by atoms with Gasteiger partial charge in [-0.05, 0) is 51.4 Å². The summed E-state index contributed by atoms with van der Waals surface area (Å²) in [5, 5.41) is 121. The largest absolute Gasteiger partial charge is 0.394 e. The number of amides is 1. The Kier molecular flexibility index (Phi) is 57.3. The lowest BCUT2D eigenvalue weighted by molar-refractivity contribution is -0.379. The van der Waals surface area contributed by atoms with Crippen LogP contribution in [0, 0.1) is 0 Å². The molecule has 3 aliphatic heterocycles. The molecule has 19 nitrogen and oxygen atoms in total. The third kappa shape index (κ3) is 41.8. The van der Waals surface area contributed by atoms with Crippen LogP contribution in [-0.4, -0.2) is 193 Å². The molecule has 0 aromatic carbocycles. The van der Waals surface area contributed by atoms with Crippen LogP contribution in [0.1, 0.15) is 341 Å². The molecule has 3 heterocycles. The van der Waals surface area contributed by atoms with Gasteiger partial charge in [0.2, 0.25) is 5.91 Å². The first-order chi connectivity index (χ1) is 48.8. The molecule has 3 fully saturated rings. The Morgan fingerprint density at radius 2 is 0.660 bits per heavy atom. The Morgan fingerprint density at radius 3 is 1.03 bits per heavy atom. The molecule has 0 spiro atoms. The van der Waals surface area contributed by atoms with E-state index in [9.17, 15) is 61.0 Å². The molecule has 0 aromatic heterocycles. The molecule has 3 saturated heterocycles. The highest BCUT2D eigenvalue weighted by molar-refractivity contribution is 5.76. The minimum Gasteiger partial charge on any atom is -0.394 e. The van der Waals surface area contributed by atoms with Crippen LogP contribution in [0.25, 0.3) is 0 Å². The molecule has 3 rings (SSSR count). The summed E-state index contributed by atoms with van der Waals surface area (Å²) < 4.78 is 34.5. The first kappa shape index (κ1) is 92.2. The molecule has 0 bridgehead atoms. The summed E-state index contributed by atoms with van der Waals surface area (Å²) in [4.78, 5) is 13.5. The van der Waals surface area contributed by atoms with E-state index in [2.05, 4.69) is 55.6 Å². The van der Waals surface area contributed by atoms with Crippen molar-refractivity contribution in [3.8, 4) is 0 Å². The number of carbonyl (C=O) groups is 1. The van der Waals surface area contributed by atoms with Gasteiger partial charge in [0.1, 0.15) is 73.2 Å². The van der Waals surface area contributed by atoms with Crippen LogP contribution >= 0.6 is 0 Å². The molecule has 17 unspecified atom stereocenters. The Hall–Kier alpha value is -1.99. The van der Waals surface area contributed by atoms with E-state index < -0.39 is 124 Å². The minimum atomic E-state index is -1.97. The minimum absolute atomic E-state index is 0.237. The van der Waals surface area contributed by atoms with Crippen molar-refractivity contribution in [3.63, 3.8) is 0 Å². The van der Waals surface area contributed by atoms with Gasteiger partial charge < -0.3 is 89.9 Å². The number of carbonyl (C=O) groups excluding carboxylic acids is 1. The maximum absolute atomic E-state index is 13.5. The fourth-order valence-electron chi connectivity index (χ4n) is 14.1. The number of aliphatic hydroxyl groups is 11. The Balaban J connectivity index is 1.36. The molecule has 17 atom stereocenters. The van der Waals surface area contributed by atoms with Gasteiger partial charge in [-0.15, -0.1) is 0 Å². The molecule has 100 heavy (non-hydrogen) atoms. The Labute approximate surface area is 606 Å². The van der Waals surface area contributed by atoms with E-state index in [1.807, 2.05) is 0 Å². The molecule has 588 valence electrons. The summed E-state index contributed by atoms with van der Waals surface area (Å²) in [7, 11) is 0. The zero-order valence-electron chi connectivity index (χ0n) is 62.9. The van der Waals surface area contributed by atoms with Crippen molar-refractivity contribution in [1.29, 1.82) is 0 Å². The maximum Gasteiger partial charge on any atom is 0.220 e. The fourth-order valence-corrected chi connectivity index (χ4v) is 14.1. The number of aliphatic hydroxyl groups excluding tert-OH is 11. The van der Waals surface area contributed by atoms with Crippen LogP contribution in [0.5, 0.6) is 0 Å². The SMILES string of the molecule is CCCCCCC/C=C\C/C=C\C/C=C\CCCCCCCCCCCCCCCCCCC(=O)NC(COC1OC(CO)C(OC2OC(CO)C(OC3OC(CO)C(O)C(O)C3O)C(O)C2O)C(O)C1O)C(O)CCCCCCCCCCCCCCCCCCCCCCCCCC. The first-order valence-corrected chi connectivity index (χ1v) is 41.2. The number of ether oxygens (including phenoxy) is 6. The summed E-state index contributed by atoms with van der Waals surface area (Å²) >= 11 is 0. The van der Waals surface area contributed by atoms with Gasteiger partial charge in [0.15, 0.2) is 18.9 Å². The zero-order valence-corrected chi connectivity index (χ0v) is 62.9. The lowest BCUT2D eigenvalue weighted by atomic mass is 9.96. The molecule has 3 aliphatic rings. The quantitative estimate of drug-likeness (QED) is 0.0199. The van der Waals surface area contributed by atoms with Crippen molar-refractivity contribution >= 4 is 5.91 Å². The van der Waals surface area contributed by atoms with Gasteiger partial charge in [-0.3, -0.25) is 4.79 Å². The summed E-state index contributed by atoms with van der Waals surface area (Å²) in [6, 6.07) is -0.888. The van der Waals surface area contributed by atoms with Crippen molar-refractivity contribution < 1.29 is 89.4 Å². The van der Waals surface area contributed by atoms with Crippen LogP contribution in [0.2, 0.25) is 0 Å². The number of allylic oxidation sites excluding steroid dienone is 6. The molecular formula is C81H151NO18. The number of hydrogen-bond acceptors (Lipinski definition) is 18. The van der Waals surface area contributed by atoms with Crippen LogP contribution in [-0.2, 0) is 33.2 Å². The number of unbranched alkanes of at least 4 members (excludes halogenated alkanes) is 44. The zero-order chi connectivity index (χ0) is 72.5. The molecule has 19 heteroatoms. The van der Waals surface area contributed by atoms with E-state index in [0.717, 1.165) is 57.8 Å². The predicted molar refractivity (Wildman–Crippen MR) is 397 cm³/mol. The van der Waals surface area contributed by atoms with Crippen LogP contribution in [0.3, 0.4) is 0 Å². The van der Waals surface area contributed by atoms with Crippen molar-refractivity contribution in [1.82, 2.24) is 5.32 Å². The molecule has 12 N–H and O–H groups in total. The highest BCUT2D eigenvalue weighted by Crippen LogP contribution is 2.33. The number of hydrogen-bond donors (Lipinski definition) is 12. The summed E-state index contributed by atoms with van der Waals surface area (Å²) in [5.74, 6) is -0.237. The van der Waals surface area contributed by atoms with Gasteiger partial charge in [-0.25, -0.2) is 0 Å². The molecular weight excluding hydrogens is 1270 g/mol. The van der Waals surface area contributed by atoms with Crippen molar-refractivity contribution in [2.75, 3.05) is 26.4 Å². The van der Waals surface area contributed by atoms with E-state index in [1.54, 1.807) is 0 Å². The van der Waals surface area contributed by atoms with Gasteiger partial charge in [0.25, 0.3) is 0 Å². The lowest BCUT2D eigenvalue weighted by Crippen LogP contribution is -2.66. The topological polar surface area (TPSA) is 307 Å². The molecule has 0 aromatic rings. The van der Waals surface area contributed by atoms with Gasteiger partial charge in [-0.1, -0.05) is 320 Å². The Bertz CT molecular complexity index is 1950. The highest BCUT2D eigenvalue weighted by Gasteiger charge is 2.54. The fraction of sp³-hybridized carbons (Fsp3) is 0.914. The van der Waals surface area contributed by atoms with E-state index in [1.165, 1.54) is 250 Å².